The summed E-state index contributed by atoms with van der Waals surface area (Å²) >= 11 is 1.23. The molecule has 0 unspecified atom stereocenters. The average molecular weight is 401 g/mol. The van der Waals surface area contributed by atoms with Crippen molar-refractivity contribution in [2.24, 2.45) is 0 Å². The molecule has 0 atom stereocenters. The molecule has 2 heterocycles. The monoisotopic (exact) mass is 401 g/mol. The van der Waals surface area contributed by atoms with Crippen molar-refractivity contribution in [1.29, 1.82) is 0 Å². The van der Waals surface area contributed by atoms with Gasteiger partial charge in [-0.25, -0.2) is 9.37 Å². The molecule has 0 amide bonds. The minimum atomic E-state index is -2.66. The second-order valence-electron chi connectivity index (χ2n) is 5.80. The Balaban J connectivity index is 1.72. The molecule has 0 aliphatic carbocycles. The third-order valence-electron chi connectivity index (χ3n) is 4.04. The maximum Gasteiger partial charge on any atom is 0.319 e. The normalized spacial score (nSPS) is 11.3. The molecule has 0 saturated carbocycles. The van der Waals surface area contributed by atoms with E-state index in [9.17, 15) is 13.2 Å². The highest BCUT2D eigenvalue weighted by Gasteiger charge is 2.18. The third kappa shape index (κ3) is 3.65. The Labute approximate surface area is 162 Å². The van der Waals surface area contributed by atoms with Crippen LogP contribution in [0.15, 0.2) is 72.1 Å². The van der Waals surface area contributed by atoms with Crippen LogP contribution in [0, 0.1) is 5.82 Å². The van der Waals surface area contributed by atoms with Gasteiger partial charge in [-0.2, -0.15) is 8.78 Å². The number of thioether (sulfide) groups is 1. The largest absolute Gasteiger partial charge is 0.319 e. The molecule has 0 aliphatic heterocycles. The van der Waals surface area contributed by atoms with Crippen molar-refractivity contribution in [2.45, 2.75) is 17.5 Å². The van der Waals surface area contributed by atoms with Crippen molar-refractivity contribution in [3.05, 3.63) is 78.6 Å². The summed E-state index contributed by atoms with van der Waals surface area (Å²) in [6.07, 6.45) is 2.57. The van der Waals surface area contributed by atoms with E-state index in [-0.39, 0.29) is 17.4 Å². The smallest absolute Gasteiger partial charge is 0.277 e. The Morgan fingerprint density at radius 1 is 0.964 bits per heavy atom. The molecule has 0 fully saturated rings. The predicted molar refractivity (Wildman–Crippen MR) is 99.8 cm³/mol. The zero-order valence-corrected chi connectivity index (χ0v) is 15.2. The second kappa shape index (κ2) is 7.89. The first-order valence-corrected chi connectivity index (χ1v) is 9.31. The lowest BCUT2D eigenvalue weighted by Gasteiger charge is -2.11. The van der Waals surface area contributed by atoms with Gasteiger partial charge >= 0.3 is 6.55 Å². The van der Waals surface area contributed by atoms with E-state index in [2.05, 4.69) is 15.2 Å². The number of benzene rings is 2. The molecule has 0 N–H and O–H groups in total. The predicted octanol–water partition coefficient (Wildman–Crippen LogP) is 4.96. The molecule has 4 aromatic rings. The Morgan fingerprint density at radius 3 is 2.43 bits per heavy atom. The molecule has 142 valence electrons. The van der Waals surface area contributed by atoms with Crippen LogP contribution in [0.4, 0.5) is 13.2 Å². The van der Waals surface area contributed by atoms with E-state index in [0.29, 0.717) is 16.7 Å². The van der Waals surface area contributed by atoms with Gasteiger partial charge in [0.15, 0.2) is 11.0 Å². The topological polar surface area (TPSA) is 48.5 Å². The molecular formula is C19H14F3N5S. The van der Waals surface area contributed by atoms with E-state index >= 15 is 0 Å². The Kier molecular flexibility index (Phi) is 5.16. The van der Waals surface area contributed by atoms with Gasteiger partial charge in [0.05, 0.1) is 5.75 Å². The maximum atomic E-state index is 13.4. The lowest BCUT2D eigenvalue weighted by atomic mass is 10.2. The summed E-state index contributed by atoms with van der Waals surface area (Å²) in [7, 11) is 0. The van der Waals surface area contributed by atoms with Gasteiger partial charge < -0.3 is 0 Å². The summed E-state index contributed by atoms with van der Waals surface area (Å²) in [5.74, 6) is 0.638. The van der Waals surface area contributed by atoms with Crippen LogP contribution < -0.4 is 0 Å². The molecule has 0 bridgehead atoms. The molecule has 4 rings (SSSR count). The quantitative estimate of drug-likeness (QED) is 0.429. The van der Waals surface area contributed by atoms with E-state index in [1.54, 1.807) is 16.7 Å². The van der Waals surface area contributed by atoms with E-state index in [1.807, 2.05) is 30.3 Å². The first-order chi connectivity index (χ1) is 13.6. The van der Waals surface area contributed by atoms with Crippen LogP contribution in [0.5, 0.6) is 0 Å². The van der Waals surface area contributed by atoms with Gasteiger partial charge in [-0.3, -0.25) is 9.13 Å². The number of imidazole rings is 1. The molecule has 0 spiro atoms. The van der Waals surface area contributed by atoms with Gasteiger partial charge in [0.25, 0.3) is 0 Å². The summed E-state index contributed by atoms with van der Waals surface area (Å²) in [6.45, 7) is -2.66. The zero-order chi connectivity index (χ0) is 19.5. The molecule has 0 radical (unpaired) electrons. The lowest BCUT2D eigenvalue weighted by molar-refractivity contribution is 0.0678. The molecular weight excluding hydrogens is 387 g/mol. The second-order valence-corrected chi connectivity index (χ2v) is 6.74. The lowest BCUT2D eigenvalue weighted by Crippen LogP contribution is -2.03. The summed E-state index contributed by atoms with van der Waals surface area (Å²) in [6, 6.07) is 15.4. The summed E-state index contributed by atoms with van der Waals surface area (Å²) in [5.41, 5.74) is 1.50. The first-order valence-electron chi connectivity index (χ1n) is 8.33. The van der Waals surface area contributed by atoms with Gasteiger partial charge in [0, 0.05) is 23.6 Å². The highest BCUT2D eigenvalue weighted by Crippen LogP contribution is 2.30. The van der Waals surface area contributed by atoms with Crippen LogP contribution in [-0.4, -0.2) is 24.3 Å². The molecule has 0 aliphatic rings. The van der Waals surface area contributed by atoms with Gasteiger partial charge in [-0.15, -0.1) is 10.2 Å². The highest BCUT2D eigenvalue weighted by atomic mass is 32.2. The number of hydrogen-bond donors (Lipinski definition) is 0. The summed E-state index contributed by atoms with van der Waals surface area (Å²) in [4.78, 5) is 3.99. The van der Waals surface area contributed by atoms with Crippen LogP contribution in [-0.2, 0) is 5.75 Å². The fourth-order valence-electron chi connectivity index (χ4n) is 2.72. The number of rotatable bonds is 6. The number of aromatic nitrogens is 5. The minimum Gasteiger partial charge on any atom is -0.277 e. The van der Waals surface area contributed by atoms with Gasteiger partial charge in [0.1, 0.15) is 11.6 Å². The van der Waals surface area contributed by atoms with E-state index in [0.717, 1.165) is 10.1 Å². The Morgan fingerprint density at radius 2 is 1.71 bits per heavy atom. The van der Waals surface area contributed by atoms with E-state index < -0.39 is 6.55 Å². The Hall–Kier alpha value is -3.07. The van der Waals surface area contributed by atoms with Crippen LogP contribution >= 0.6 is 11.8 Å². The molecule has 2 aromatic carbocycles. The minimum absolute atomic E-state index is 0.186. The Bertz CT molecular complexity index is 1060. The fraction of sp³-hybridized carbons (Fsp3) is 0.105. The van der Waals surface area contributed by atoms with E-state index in [1.165, 1.54) is 36.3 Å². The van der Waals surface area contributed by atoms with Gasteiger partial charge in [-0.1, -0.05) is 42.1 Å². The van der Waals surface area contributed by atoms with Crippen molar-refractivity contribution in [3.8, 4) is 17.1 Å². The van der Waals surface area contributed by atoms with Gasteiger partial charge in [-0.05, 0) is 24.3 Å². The van der Waals surface area contributed by atoms with Crippen LogP contribution in [0.1, 0.15) is 12.4 Å². The standard InChI is InChI=1S/C19H14F3N5S/c20-14-6-8-15(9-7-14)27-17(13-4-2-1-3-5-13)24-25-19(27)28-12-16-23-10-11-26(16)18(21)22/h1-11,18H,12H2. The van der Waals surface area contributed by atoms with Crippen molar-refractivity contribution in [3.63, 3.8) is 0 Å². The number of hydrogen-bond acceptors (Lipinski definition) is 4. The molecule has 28 heavy (non-hydrogen) atoms. The number of nitrogens with zero attached hydrogens (tertiary/aromatic N) is 5. The van der Waals surface area contributed by atoms with Crippen molar-refractivity contribution in [2.75, 3.05) is 0 Å². The van der Waals surface area contributed by atoms with Crippen LogP contribution in [0.25, 0.3) is 17.1 Å². The van der Waals surface area contributed by atoms with Crippen molar-refractivity contribution < 1.29 is 13.2 Å². The highest BCUT2D eigenvalue weighted by molar-refractivity contribution is 7.98. The molecule has 2 aromatic heterocycles. The molecule has 9 heteroatoms. The van der Waals surface area contributed by atoms with E-state index in [4.69, 9.17) is 0 Å². The zero-order valence-electron chi connectivity index (χ0n) is 14.4. The average Bonchev–Trinajstić information content (AvgIpc) is 3.35. The molecule has 0 saturated heterocycles. The van der Waals surface area contributed by atoms with Crippen molar-refractivity contribution >= 4 is 11.8 Å². The summed E-state index contributed by atoms with van der Waals surface area (Å²) < 4.78 is 42.0. The van der Waals surface area contributed by atoms with Crippen LogP contribution in [0.3, 0.4) is 0 Å². The number of alkyl halides is 2. The fourth-order valence-corrected chi connectivity index (χ4v) is 3.62. The third-order valence-corrected chi connectivity index (χ3v) is 4.96. The van der Waals surface area contributed by atoms with Gasteiger partial charge in [0.2, 0.25) is 0 Å². The maximum absolute atomic E-state index is 13.4. The first kappa shape index (κ1) is 18.3. The van der Waals surface area contributed by atoms with Crippen molar-refractivity contribution in [1.82, 2.24) is 24.3 Å². The summed E-state index contributed by atoms with van der Waals surface area (Å²) in [5, 5.41) is 8.98. The number of halogens is 3. The SMILES string of the molecule is Fc1ccc(-n2c(SCc3nccn3C(F)F)nnc2-c2ccccc2)cc1. The molecule has 5 nitrogen and oxygen atoms in total. The van der Waals surface area contributed by atoms with Crippen LogP contribution in [0.2, 0.25) is 0 Å².